The maximum atomic E-state index is 11.0. The predicted molar refractivity (Wildman–Crippen MR) is 85.4 cm³/mol. The van der Waals surface area contributed by atoms with E-state index < -0.39 is 4.92 Å². The average Bonchev–Trinajstić information content (AvgIpc) is 2.98. The van der Waals surface area contributed by atoms with E-state index in [9.17, 15) is 14.9 Å². The molecule has 3 N–H and O–H groups in total. The van der Waals surface area contributed by atoms with Crippen LogP contribution in [0.25, 0.3) is 11.4 Å². The zero-order valence-corrected chi connectivity index (χ0v) is 12.6. The van der Waals surface area contributed by atoms with Gasteiger partial charge in [-0.2, -0.15) is 5.10 Å². The minimum atomic E-state index is -0.466. The van der Waals surface area contributed by atoms with E-state index in [1.165, 1.54) is 12.1 Å². The monoisotopic (exact) mass is 327 g/mol. The Morgan fingerprint density at radius 2 is 2.12 bits per heavy atom. The molecule has 10 nitrogen and oxygen atoms in total. The van der Waals surface area contributed by atoms with Crippen molar-refractivity contribution >= 4 is 11.5 Å². The molecule has 122 valence electrons. The number of hydrogen-bond acceptors (Lipinski definition) is 7. The highest BCUT2D eigenvalue weighted by molar-refractivity contribution is 5.61. The number of nitrogens with zero attached hydrogens (tertiary/aromatic N) is 4. The summed E-state index contributed by atoms with van der Waals surface area (Å²) < 4.78 is 0. The van der Waals surface area contributed by atoms with Gasteiger partial charge in [0.05, 0.1) is 11.5 Å². The first-order valence-corrected chi connectivity index (χ1v) is 6.99. The summed E-state index contributed by atoms with van der Waals surface area (Å²) in [5.41, 5.74) is 0.831. The van der Waals surface area contributed by atoms with E-state index in [2.05, 4.69) is 30.5 Å². The molecule has 0 atom stereocenters. The number of hydrogen-bond donors (Lipinski definition) is 3. The van der Waals surface area contributed by atoms with Crippen LogP contribution in [0.2, 0.25) is 0 Å². The molecule has 0 fully saturated rings. The van der Waals surface area contributed by atoms with Crippen molar-refractivity contribution in [3.8, 4) is 11.4 Å². The fourth-order valence-electron chi connectivity index (χ4n) is 2.11. The van der Waals surface area contributed by atoms with Gasteiger partial charge in [-0.15, -0.1) is 0 Å². The van der Waals surface area contributed by atoms with Gasteiger partial charge in [0.15, 0.2) is 5.82 Å². The van der Waals surface area contributed by atoms with Crippen molar-refractivity contribution in [2.75, 3.05) is 5.32 Å². The van der Waals surface area contributed by atoms with Crippen molar-refractivity contribution in [1.82, 2.24) is 25.1 Å². The second-order valence-electron chi connectivity index (χ2n) is 5.00. The quantitative estimate of drug-likeness (QED) is 0.474. The molecule has 3 aromatic rings. The Labute approximate surface area is 135 Å². The van der Waals surface area contributed by atoms with Crippen molar-refractivity contribution in [3.63, 3.8) is 0 Å². The van der Waals surface area contributed by atoms with Crippen molar-refractivity contribution in [3.05, 3.63) is 62.4 Å². The smallest absolute Gasteiger partial charge is 0.340 e. The van der Waals surface area contributed by atoms with Crippen molar-refractivity contribution in [2.24, 2.45) is 0 Å². The molecule has 3 rings (SSSR count). The maximum Gasteiger partial charge on any atom is 0.340 e. The molecule has 0 amide bonds. The van der Waals surface area contributed by atoms with Gasteiger partial charge in [-0.1, -0.05) is 12.1 Å². The number of nitrogens with one attached hydrogen (secondary N) is 3. The Morgan fingerprint density at radius 3 is 2.83 bits per heavy atom. The fourth-order valence-corrected chi connectivity index (χ4v) is 2.11. The first-order valence-electron chi connectivity index (χ1n) is 6.99. The highest BCUT2D eigenvalue weighted by Crippen LogP contribution is 2.22. The summed E-state index contributed by atoms with van der Waals surface area (Å²) in [5.74, 6) is 1.33. The van der Waals surface area contributed by atoms with Gasteiger partial charge in [-0.05, 0) is 6.92 Å². The Balaban J connectivity index is 1.87. The zero-order chi connectivity index (χ0) is 17.1. The summed E-state index contributed by atoms with van der Waals surface area (Å²) in [5, 5.41) is 20.0. The molecule has 2 heterocycles. The molecule has 0 saturated carbocycles. The van der Waals surface area contributed by atoms with Gasteiger partial charge in [0, 0.05) is 29.5 Å². The molecular weight excluding hydrogens is 314 g/mol. The zero-order valence-electron chi connectivity index (χ0n) is 12.6. The molecule has 0 bridgehead atoms. The Hall–Kier alpha value is -3.56. The summed E-state index contributed by atoms with van der Waals surface area (Å²) in [6.07, 6.45) is 0. The van der Waals surface area contributed by atoms with Crippen molar-refractivity contribution in [2.45, 2.75) is 13.5 Å². The van der Waals surface area contributed by atoms with Crippen LogP contribution in [0.1, 0.15) is 11.5 Å². The molecule has 0 unspecified atom stereocenters. The Morgan fingerprint density at radius 1 is 1.29 bits per heavy atom. The third-order valence-electron chi connectivity index (χ3n) is 3.16. The van der Waals surface area contributed by atoms with Gasteiger partial charge < -0.3 is 5.32 Å². The Kier molecular flexibility index (Phi) is 4.01. The van der Waals surface area contributed by atoms with Gasteiger partial charge in [0.2, 0.25) is 0 Å². The van der Waals surface area contributed by atoms with Crippen LogP contribution in [0.3, 0.4) is 0 Å². The van der Waals surface area contributed by atoms with Crippen molar-refractivity contribution in [1.29, 1.82) is 0 Å². The van der Waals surface area contributed by atoms with Gasteiger partial charge >= 0.3 is 5.69 Å². The third kappa shape index (κ3) is 3.43. The van der Waals surface area contributed by atoms with Crippen LogP contribution in [0.5, 0.6) is 0 Å². The summed E-state index contributed by atoms with van der Waals surface area (Å²) in [4.78, 5) is 32.6. The summed E-state index contributed by atoms with van der Waals surface area (Å²) in [6, 6.07) is 7.85. The Bertz CT molecular complexity index is 947. The van der Waals surface area contributed by atoms with E-state index in [1.54, 1.807) is 25.1 Å². The van der Waals surface area contributed by atoms with Gasteiger partial charge in [0.25, 0.3) is 5.69 Å². The number of aromatic nitrogens is 5. The number of aryl methyl sites for hydroxylation is 1. The van der Waals surface area contributed by atoms with E-state index in [-0.39, 0.29) is 17.9 Å². The molecule has 1 aromatic carbocycles. The second-order valence-corrected chi connectivity index (χ2v) is 5.00. The summed E-state index contributed by atoms with van der Waals surface area (Å²) in [7, 11) is 0. The SMILES string of the molecule is Cc1cc(NCc2n[nH]c(=O)[nH]2)nc(-c2cccc([N+](=O)[O-])c2)n1. The molecule has 0 aliphatic rings. The van der Waals surface area contributed by atoms with Gasteiger partial charge in [-0.25, -0.2) is 19.9 Å². The topological polar surface area (TPSA) is 142 Å². The molecular formula is C14H13N7O3. The third-order valence-corrected chi connectivity index (χ3v) is 3.16. The average molecular weight is 327 g/mol. The molecule has 0 radical (unpaired) electrons. The standard InChI is InChI=1S/C14H13N7O3/c1-8-5-11(15-7-12-18-14(22)20-19-12)17-13(16-8)9-3-2-4-10(6-9)21(23)24/h2-6H,7H2,1H3,(H,15,16,17)(H2,18,19,20,22). The van der Waals surface area contributed by atoms with Crippen LogP contribution in [0.15, 0.2) is 35.1 Å². The lowest BCUT2D eigenvalue weighted by molar-refractivity contribution is -0.384. The van der Waals surface area contributed by atoms with E-state index in [1.807, 2.05) is 0 Å². The van der Waals surface area contributed by atoms with Gasteiger partial charge in [-0.3, -0.25) is 15.1 Å². The molecule has 0 aliphatic heterocycles. The number of rotatable bonds is 5. The molecule has 24 heavy (non-hydrogen) atoms. The first kappa shape index (κ1) is 15.3. The van der Waals surface area contributed by atoms with E-state index in [0.29, 0.717) is 28.7 Å². The fraction of sp³-hybridized carbons (Fsp3) is 0.143. The van der Waals surface area contributed by atoms with Crippen LogP contribution < -0.4 is 11.0 Å². The molecule has 0 spiro atoms. The lowest BCUT2D eigenvalue weighted by Gasteiger charge is -2.07. The number of aromatic amines is 2. The van der Waals surface area contributed by atoms with Crippen LogP contribution in [0, 0.1) is 17.0 Å². The molecule has 0 saturated heterocycles. The van der Waals surface area contributed by atoms with Gasteiger partial charge in [0.1, 0.15) is 11.6 Å². The highest BCUT2D eigenvalue weighted by atomic mass is 16.6. The number of non-ortho nitro benzene ring substituents is 1. The van der Waals surface area contributed by atoms with E-state index in [4.69, 9.17) is 0 Å². The number of nitro benzene ring substituents is 1. The maximum absolute atomic E-state index is 11.0. The second kappa shape index (κ2) is 6.28. The molecule has 2 aromatic heterocycles. The number of benzene rings is 1. The predicted octanol–water partition coefficient (Wildman–Crippen LogP) is 1.38. The minimum Gasteiger partial charge on any atom is -0.363 e. The molecule has 0 aliphatic carbocycles. The number of anilines is 1. The van der Waals surface area contributed by atoms with Crippen LogP contribution in [0.4, 0.5) is 11.5 Å². The minimum absolute atomic E-state index is 0.0267. The normalized spacial score (nSPS) is 10.5. The van der Waals surface area contributed by atoms with E-state index in [0.717, 1.165) is 0 Å². The highest BCUT2D eigenvalue weighted by Gasteiger charge is 2.10. The first-order chi connectivity index (χ1) is 11.5. The van der Waals surface area contributed by atoms with Crippen LogP contribution in [-0.4, -0.2) is 30.1 Å². The van der Waals surface area contributed by atoms with Crippen molar-refractivity contribution < 1.29 is 4.92 Å². The number of nitro groups is 1. The lowest BCUT2D eigenvalue weighted by Crippen LogP contribution is -2.07. The summed E-state index contributed by atoms with van der Waals surface area (Å²) >= 11 is 0. The van der Waals surface area contributed by atoms with Crippen LogP contribution >= 0.6 is 0 Å². The molecule has 10 heteroatoms. The largest absolute Gasteiger partial charge is 0.363 e. The van der Waals surface area contributed by atoms with E-state index >= 15 is 0 Å². The summed E-state index contributed by atoms with van der Waals surface area (Å²) in [6.45, 7) is 2.06. The number of H-pyrrole nitrogens is 2. The lowest BCUT2D eigenvalue weighted by atomic mass is 10.2. The van der Waals surface area contributed by atoms with Crippen LogP contribution in [-0.2, 0) is 6.54 Å².